The van der Waals surface area contributed by atoms with E-state index in [0.717, 1.165) is 36.8 Å². The van der Waals surface area contributed by atoms with Crippen LogP contribution in [-0.2, 0) is 0 Å². The van der Waals surface area contributed by atoms with Crippen LogP contribution in [0.4, 0.5) is 5.95 Å². The van der Waals surface area contributed by atoms with E-state index in [-0.39, 0.29) is 5.41 Å². The SMILES string of the molecule is CC1(CN)CCCN(c2n[nH]c(-c3cccnc3)n2)C1. The fourth-order valence-electron chi connectivity index (χ4n) is 2.68. The van der Waals surface area contributed by atoms with Crippen molar-refractivity contribution < 1.29 is 0 Å². The van der Waals surface area contributed by atoms with Crippen LogP contribution < -0.4 is 10.6 Å². The molecule has 1 aliphatic rings. The Kier molecular flexibility index (Phi) is 3.40. The molecule has 3 N–H and O–H groups in total. The molecule has 0 bridgehead atoms. The van der Waals surface area contributed by atoms with E-state index in [9.17, 15) is 0 Å². The molecule has 3 heterocycles. The Labute approximate surface area is 118 Å². The maximum atomic E-state index is 5.89. The number of anilines is 1. The van der Waals surface area contributed by atoms with Crippen molar-refractivity contribution in [1.29, 1.82) is 0 Å². The summed E-state index contributed by atoms with van der Waals surface area (Å²) in [6.07, 6.45) is 5.83. The number of nitrogens with one attached hydrogen (secondary N) is 1. The summed E-state index contributed by atoms with van der Waals surface area (Å²) in [7, 11) is 0. The number of nitrogens with two attached hydrogens (primary N) is 1. The number of hydrogen-bond acceptors (Lipinski definition) is 5. The minimum absolute atomic E-state index is 0.160. The van der Waals surface area contributed by atoms with E-state index in [1.54, 1.807) is 12.4 Å². The average molecular weight is 272 g/mol. The van der Waals surface area contributed by atoms with Gasteiger partial charge < -0.3 is 10.6 Å². The normalized spacial score (nSPS) is 23.0. The lowest BCUT2D eigenvalue weighted by atomic mass is 9.82. The highest BCUT2D eigenvalue weighted by Crippen LogP contribution is 2.30. The van der Waals surface area contributed by atoms with E-state index in [4.69, 9.17) is 5.73 Å². The van der Waals surface area contributed by atoms with Crippen molar-refractivity contribution in [2.75, 3.05) is 24.5 Å². The van der Waals surface area contributed by atoms with Crippen LogP contribution in [0.1, 0.15) is 19.8 Å². The molecule has 6 heteroatoms. The third-order valence-electron chi connectivity index (χ3n) is 3.97. The molecule has 2 aromatic heterocycles. The van der Waals surface area contributed by atoms with Crippen molar-refractivity contribution in [3.8, 4) is 11.4 Å². The standard InChI is InChI=1S/C14H20N6/c1-14(9-15)5-3-7-20(10-14)13-17-12(18-19-13)11-4-2-6-16-8-11/h2,4,6,8H,3,5,7,9-10,15H2,1H3,(H,17,18,19). The fourth-order valence-corrected chi connectivity index (χ4v) is 2.68. The Bertz CT molecular complexity index is 566. The maximum Gasteiger partial charge on any atom is 0.245 e. The molecule has 2 aromatic rings. The third kappa shape index (κ3) is 2.51. The molecule has 3 rings (SSSR count). The van der Waals surface area contributed by atoms with Gasteiger partial charge in [0.05, 0.1) is 0 Å². The van der Waals surface area contributed by atoms with E-state index in [1.807, 2.05) is 12.1 Å². The molecule has 20 heavy (non-hydrogen) atoms. The summed E-state index contributed by atoms with van der Waals surface area (Å²) in [4.78, 5) is 10.9. The molecule has 1 atom stereocenters. The van der Waals surface area contributed by atoms with Crippen molar-refractivity contribution in [2.45, 2.75) is 19.8 Å². The summed E-state index contributed by atoms with van der Waals surface area (Å²) in [6.45, 7) is 4.82. The van der Waals surface area contributed by atoms with Crippen LogP contribution in [-0.4, -0.2) is 39.8 Å². The van der Waals surface area contributed by atoms with Gasteiger partial charge in [-0.05, 0) is 36.9 Å². The van der Waals surface area contributed by atoms with Crippen molar-refractivity contribution in [3.05, 3.63) is 24.5 Å². The van der Waals surface area contributed by atoms with Gasteiger partial charge in [-0.15, -0.1) is 5.10 Å². The quantitative estimate of drug-likeness (QED) is 0.883. The van der Waals surface area contributed by atoms with Crippen LogP contribution in [0.3, 0.4) is 0 Å². The highest BCUT2D eigenvalue weighted by atomic mass is 15.4. The molecule has 1 fully saturated rings. The number of H-pyrrole nitrogens is 1. The molecule has 106 valence electrons. The zero-order valence-corrected chi connectivity index (χ0v) is 11.7. The Hall–Kier alpha value is -1.95. The van der Waals surface area contributed by atoms with Gasteiger partial charge in [0.1, 0.15) is 0 Å². The minimum Gasteiger partial charge on any atom is -0.339 e. The van der Waals surface area contributed by atoms with Gasteiger partial charge in [0.15, 0.2) is 5.82 Å². The molecule has 0 aromatic carbocycles. The van der Waals surface area contributed by atoms with Crippen molar-refractivity contribution in [2.24, 2.45) is 11.1 Å². The first-order chi connectivity index (χ1) is 9.70. The number of aromatic nitrogens is 4. The lowest BCUT2D eigenvalue weighted by Gasteiger charge is -2.39. The predicted octanol–water partition coefficient (Wildman–Crippen LogP) is 1.43. The van der Waals surface area contributed by atoms with Gasteiger partial charge in [-0.2, -0.15) is 4.98 Å². The number of rotatable bonds is 3. The number of aromatic amines is 1. The zero-order chi connectivity index (χ0) is 14.0. The highest BCUT2D eigenvalue weighted by molar-refractivity contribution is 5.54. The van der Waals surface area contributed by atoms with Gasteiger partial charge in [0.2, 0.25) is 5.95 Å². The van der Waals surface area contributed by atoms with Crippen molar-refractivity contribution in [1.82, 2.24) is 20.2 Å². The van der Waals surface area contributed by atoms with E-state index in [0.29, 0.717) is 6.54 Å². The number of pyridine rings is 1. The molecule has 6 nitrogen and oxygen atoms in total. The predicted molar refractivity (Wildman–Crippen MR) is 78.2 cm³/mol. The molecule has 0 radical (unpaired) electrons. The third-order valence-corrected chi connectivity index (χ3v) is 3.97. The first kappa shape index (κ1) is 13.1. The molecular weight excluding hydrogens is 252 g/mol. The van der Waals surface area contributed by atoms with Gasteiger partial charge >= 0.3 is 0 Å². The van der Waals surface area contributed by atoms with Gasteiger partial charge in [0, 0.05) is 31.0 Å². The summed E-state index contributed by atoms with van der Waals surface area (Å²) in [5.41, 5.74) is 7.00. The van der Waals surface area contributed by atoms with Gasteiger partial charge in [-0.1, -0.05) is 6.92 Å². The van der Waals surface area contributed by atoms with Crippen LogP contribution in [0, 0.1) is 5.41 Å². The molecule has 1 unspecified atom stereocenters. The molecule has 0 amide bonds. The Morgan fingerprint density at radius 2 is 2.40 bits per heavy atom. The summed E-state index contributed by atoms with van der Waals surface area (Å²) in [5, 5.41) is 7.33. The highest BCUT2D eigenvalue weighted by Gasteiger charge is 2.31. The minimum atomic E-state index is 0.160. The van der Waals surface area contributed by atoms with Crippen LogP contribution >= 0.6 is 0 Å². The Morgan fingerprint density at radius 3 is 3.15 bits per heavy atom. The smallest absolute Gasteiger partial charge is 0.245 e. The van der Waals surface area contributed by atoms with Crippen LogP contribution in [0.15, 0.2) is 24.5 Å². The Morgan fingerprint density at radius 1 is 1.50 bits per heavy atom. The molecule has 0 saturated carbocycles. The molecular formula is C14H20N6. The average Bonchev–Trinajstić information content (AvgIpc) is 2.98. The maximum absolute atomic E-state index is 5.89. The fraction of sp³-hybridized carbons (Fsp3) is 0.500. The van der Waals surface area contributed by atoms with Gasteiger partial charge in [-0.3, -0.25) is 10.1 Å². The summed E-state index contributed by atoms with van der Waals surface area (Å²) in [6, 6.07) is 3.86. The Balaban J connectivity index is 1.80. The van der Waals surface area contributed by atoms with Crippen LogP contribution in [0.2, 0.25) is 0 Å². The first-order valence-corrected chi connectivity index (χ1v) is 6.98. The lowest BCUT2D eigenvalue weighted by molar-refractivity contribution is 0.270. The van der Waals surface area contributed by atoms with E-state index < -0.39 is 0 Å². The van der Waals surface area contributed by atoms with Crippen LogP contribution in [0.25, 0.3) is 11.4 Å². The zero-order valence-electron chi connectivity index (χ0n) is 11.7. The van der Waals surface area contributed by atoms with Crippen molar-refractivity contribution in [3.63, 3.8) is 0 Å². The van der Waals surface area contributed by atoms with E-state index >= 15 is 0 Å². The van der Waals surface area contributed by atoms with Crippen molar-refractivity contribution >= 4 is 5.95 Å². The van der Waals surface area contributed by atoms with Crippen LogP contribution in [0.5, 0.6) is 0 Å². The largest absolute Gasteiger partial charge is 0.339 e. The first-order valence-electron chi connectivity index (χ1n) is 6.98. The van der Waals surface area contributed by atoms with E-state index in [1.165, 1.54) is 6.42 Å². The topological polar surface area (TPSA) is 83.7 Å². The number of hydrogen-bond donors (Lipinski definition) is 2. The second-order valence-corrected chi connectivity index (χ2v) is 5.77. The molecule has 0 aliphatic carbocycles. The van der Waals surface area contributed by atoms with Gasteiger partial charge in [-0.25, -0.2) is 0 Å². The summed E-state index contributed by atoms with van der Waals surface area (Å²) >= 11 is 0. The lowest BCUT2D eigenvalue weighted by Crippen LogP contribution is -2.46. The molecule has 1 aliphatic heterocycles. The van der Waals surface area contributed by atoms with Gasteiger partial charge in [0.25, 0.3) is 0 Å². The second kappa shape index (κ2) is 5.20. The molecule has 1 saturated heterocycles. The second-order valence-electron chi connectivity index (χ2n) is 5.77. The number of piperidine rings is 1. The summed E-state index contributed by atoms with van der Waals surface area (Å²) < 4.78 is 0. The van der Waals surface area contributed by atoms with E-state index in [2.05, 4.69) is 32.0 Å². The monoisotopic (exact) mass is 272 g/mol. The molecule has 0 spiro atoms. The summed E-state index contributed by atoms with van der Waals surface area (Å²) in [5.74, 6) is 1.51. The number of nitrogens with zero attached hydrogens (tertiary/aromatic N) is 4.